The van der Waals surface area contributed by atoms with Gasteiger partial charge in [-0.3, -0.25) is 15.3 Å². The van der Waals surface area contributed by atoms with Crippen molar-refractivity contribution in [1.82, 2.24) is 25.5 Å². The van der Waals surface area contributed by atoms with Crippen LogP contribution < -0.4 is 11.2 Å². The SMILES string of the molecule is CN1CCN(NC(=O)c2n[nH]c3ccc(N)cc23)CC1. The second-order valence-corrected chi connectivity index (χ2v) is 5.11. The summed E-state index contributed by atoms with van der Waals surface area (Å²) in [6, 6.07) is 5.37. The van der Waals surface area contributed by atoms with Crippen LogP contribution in [0, 0.1) is 0 Å². The molecule has 1 aromatic heterocycles. The second-order valence-electron chi connectivity index (χ2n) is 5.11. The number of piperazine rings is 1. The fourth-order valence-corrected chi connectivity index (χ4v) is 2.32. The van der Waals surface area contributed by atoms with Gasteiger partial charge in [0.2, 0.25) is 0 Å². The van der Waals surface area contributed by atoms with E-state index in [1.165, 1.54) is 0 Å². The van der Waals surface area contributed by atoms with Gasteiger partial charge in [-0.05, 0) is 25.2 Å². The van der Waals surface area contributed by atoms with E-state index in [4.69, 9.17) is 5.73 Å². The minimum Gasteiger partial charge on any atom is -0.399 e. The Morgan fingerprint density at radius 2 is 2.10 bits per heavy atom. The third-order valence-corrected chi connectivity index (χ3v) is 3.56. The molecular formula is C13H18N6O. The molecular weight excluding hydrogens is 256 g/mol. The molecule has 0 aliphatic carbocycles. The lowest BCUT2D eigenvalue weighted by atomic mass is 10.2. The van der Waals surface area contributed by atoms with Crippen molar-refractivity contribution in [2.24, 2.45) is 0 Å². The summed E-state index contributed by atoms with van der Waals surface area (Å²) in [5.74, 6) is -0.202. The van der Waals surface area contributed by atoms with Crippen LogP contribution in [0.5, 0.6) is 0 Å². The zero-order valence-electron chi connectivity index (χ0n) is 11.4. The first-order valence-electron chi connectivity index (χ1n) is 6.61. The molecule has 2 heterocycles. The average Bonchev–Trinajstić information content (AvgIpc) is 2.84. The lowest BCUT2D eigenvalue weighted by molar-refractivity contribution is 0.0659. The molecule has 1 saturated heterocycles. The monoisotopic (exact) mass is 274 g/mol. The zero-order valence-corrected chi connectivity index (χ0v) is 11.4. The molecule has 7 nitrogen and oxygen atoms in total. The van der Waals surface area contributed by atoms with Crippen molar-refractivity contribution in [2.45, 2.75) is 0 Å². The standard InChI is InChI=1S/C13H18N6O/c1-18-4-6-19(7-5-18)17-13(20)12-10-8-9(14)2-3-11(10)15-16-12/h2-3,8H,4-7,14H2,1H3,(H,15,16)(H,17,20). The fraction of sp³-hybridized carbons (Fsp3) is 0.385. The van der Waals surface area contributed by atoms with Crippen LogP contribution in [0.15, 0.2) is 18.2 Å². The number of hydrogen-bond donors (Lipinski definition) is 3. The van der Waals surface area contributed by atoms with Gasteiger partial charge >= 0.3 is 0 Å². The Hall–Kier alpha value is -2.12. The lowest BCUT2D eigenvalue weighted by Gasteiger charge is -2.32. The number of hydrazine groups is 1. The molecule has 1 aliphatic rings. The van der Waals surface area contributed by atoms with Gasteiger partial charge in [-0.2, -0.15) is 5.10 Å². The number of nitrogens with two attached hydrogens (primary N) is 1. The molecule has 0 bridgehead atoms. The number of aromatic nitrogens is 2. The maximum Gasteiger partial charge on any atom is 0.286 e. The summed E-state index contributed by atoms with van der Waals surface area (Å²) >= 11 is 0. The number of carbonyl (C=O) groups excluding carboxylic acids is 1. The molecule has 0 unspecified atom stereocenters. The van der Waals surface area contributed by atoms with Crippen molar-refractivity contribution in [1.29, 1.82) is 0 Å². The molecule has 7 heteroatoms. The van der Waals surface area contributed by atoms with E-state index in [-0.39, 0.29) is 5.91 Å². The number of H-pyrrole nitrogens is 1. The van der Waals surface area contributed by atoms with Crippen molar-refractivity contribution in [3.8, 4) is 0 Å². The van der Waals surface area contributed by atoms with Gasteiger partial charge in [0.1, 0.15) is 0 Å². The van der Waals surface area contributed by atoms with Crippen LogP contribution in [0.2, 0.25) is 0 Å². The van der Waals surface area contributed by atoms with Gasteiger partial charge in [0.15, 0.2) is 5.69 Å². The largest absolute Gasteiger partial charge is 0.399 e. The quantitative estimate of drug-likeness (QED) is 0.673. The number of nitrogens with one attached hydrogen (secondary N) is 2. The van der Waals surface area contributed by atoms with Crippen LogP contribution in [0.1, 0.15) is 10.5 Å². The molecule has 4 N–H and O–H groups in total. The first-order chi connectivity index (χ1) is 9.63. The molecule has 0 spiro atoms. The van der Waals surface area contributed by atoms with E-state index >= 15 is 0 Å². The van der Waals surface area contributed by atoms with Gasteiger partial charge in [-0.15, -0.1) is 0 Å². The number of carbonyl (C=O) groups is 1. The van der Waals surface area contributed by atoms with Crippen LogP contribution in [0.25, 0.3) is 10.9 Å². The molecule has 1 fully saturated rings. The molecule has 0 saturated carbocycles. The summed E-state index contributed by atoms with van der Waals surface area (Å²) in [6.07, 6.45) is 0. The normalized spacial score (nSPS) is 17.4. The molecule has 0 radical (unpaired) electrons. The zero-order chi connectivity index (χ0) is 14.1. The molecule has 20 heavy (non-hydrogen) atoms. The average molecular weight is 274 g/mol. The summed E-state index contributed by atoms with van der Waals surface area (Å²) in [5, 5.41) is 9.61. The second kappa shape index (κ2) is 5.10. The highest BCUT2D eigenvalue weighted by Gasteiger charge is 2.19. The lowest BCUT2D eigenvalue weighted by Crippen LogP contribution is -2.52. The summed E-state index contributed by atoms with van der Waals surface area (Å²) in [7, 11) is 2.07. The highest BCUT2D eigenvalue weighted by Crippen LogP contribution is 2.18. The van der Waals surface area contributed by atoms with E-state index in [2.05, 4.69) is 27.6 Å². The summed E-state index contributed by atoms with van der Waals surface area (Å²) in [4.78, 5) is 14.5. The Morgan fingerprint density at radius 3 is 2.85 bits per heavy atom. The number of aromatic amines is 1. The minimum atomic E-state index is -0.202. The predicted molar refractivity (Wildman–Crippen MR) is 77.0 cm³/mol. The van der Waals surface area contributed by atoms with Crippen molar-refractivity contribution in [3.63, 3.8) is 0 Å². The number of amides is 1. The van der Waals surface area contributed by atoms with Gasteiger partial charge in [-0.25, -0.2) is 5.01 Å². The maximum absolute atomic E-state index is 12.3. The van der Waals surface area contributed by atoms with Crippen LogP contribution in [0.3, 0.4) is 0 Å². The molecule has 0 atom stereocenters. The minimum absolute atomic E-state index is 0.202. The van der Waals surface area contributed by atoms with Crippen LogP contribution in [-0.4, -0.2) is 59.2 Å². The Kier molecular flexibility index (Phi) is 3.29. The van der Waals surface area contributed by atoms with Crippen molar-refractivity contribution < 1.29 is 4.79 Å². The molecule has 1 aliphatic heterocycles. The highest BCUT2D eigenvalue weighted by atomic mass is 16.2. The van der Waals surface area contributed by atoms with Crippen LogP contribution in [-0.2, 0) is 0 Å². The number of fused-ring (bicyclic) bond motifs is 1. The Balaban J connectivity index is 1.77. The van der Waals surface area contributed by atoms with Gasteiger partial charge in [0, 0.05) is 37.3 Å². The first-order valence-corrected chi connectivity index (χ1v) is 6.61. The van der Waals surface area contributed by atoms with Crippen LogP contribution in [0.4, 0.5) is 5.69 Å². The van der Waals surface area contributed by atoms with E-state index in [0.29, 0.717) is 11.4 Å². The van der Waals surface area contributed by atoms with Crippen molar-refractivity contribution >= 4 is 22.5 Å². The molecule has 3 rings (SSSR count). The van der Waals surface area contributed by atoms with E-state index in [1.807, 2.05) is 11.1 Å². The third-order valence-electron chi connectivity index (χ3n) is 3.56. The summed E-state index contributed by atoms with van der Waals surface area (Å²) < 4.78 is 0. The fourth-order valence-electron chi connectivity index (χ4n) is 2.32. The van der Waals surface area contributed by atoms with E-state index in [1.54, 1.807) is 12.1 Å². The van der Waals surface area contributed by atoms with Gasteiger partial charge in [-0.1, -0.05) is 0 Å². The van der Waals surface area contributed by atoms with E-state index in [0.717, 1.165) is 37.1 Å². The van der Waals surface area contributed by atoms with Crippen LogP contribution >= 0.6 is 0 Å². The number of nitrogen functional groups attached to an aromatic ring is 1. The Labute approximate surface area is 116 Å². The molecule has 2 aromatic rings. The topological polar surface area (TPSA) is 90.3 Å². The number of benzene rings is 1. The Bertz CT molecular complexity index is 629. The number of likely N-dealkylation sites (N-methyl/N-ethyl adjacent to an activating group) is 1. The van der Waals surface area contributed by atoms with E-state index < -0.39 is 0 Å². The number of rotatable bonds is 2. The summed E-state index contributed by atoms with van der Waals surface area (Å²) in [5.41, 5.74) is 10.5. The summed E-state index contributed by atoms with van der Waals surface area (Å²) in [6.45, 7) is 3.50. The molecule has 1 aromatic carbocycles. The third kappa shape index (κ3) is 2.45. The van der Waals surface area contributed by atoms with Gasteiger partial charge < -0.3 is 10.6 Å². The maximum atomic E-state index is 12.3. The van der Waals surface area contributed by atoms with Gasteiger partial charge in [0.05, 0.1) is 5.52 Å². The number of anilines is 1. The smallest absolute Gasteiger partial charge is 0.286 e. The predicted octanol–water partition coefficient (Wildman–Crippen LogP) is 0.0373. The molecule has 106 valence electrons. The van der Waals surface area contributed by atoms with Crippen molar-refractivity contribution in [3.05, 3.63) is 23.9 Å². The number of nitrogens with zero attached hydrogens (tertiary/aromatic N) is 3. The van der Waals surface area contributed by atoms with Crippen molar-refractivity contribution in [2.75, 3.05) is 39.0 Å². The first kappa shape index (κ1) is 12.9. The van der Waals surface area contributed by atoms with Gasteiger partial charge in [0.25, 0.3) is 5.91 Å². The Morgan fingerprint density at radius 1 is 1.35 bits per heavy atom. The highest BCUT2D eigenvalue weighted by molar-refractivity contribution is 6.05. The number of hydrogen-bond acceptors (Lipinski definition) is 5. The van der Waals surface area contributed by atoms with E-state index in [9.17, 15) is 4.79 Å². The molecule has 1 amide bonds.